The zero-order valence-electron chi connectivity index (χ0n) is 9.95. The molecule has 0 aliphatic rings. The van der Waals surface area contributed by atoms with Gasteiger partial charge in [-0.15, -0.1) is 0 Å². The van der Waals surface area contributed by atoms with Crippen LogP contribution >= 0.6 is 0 Å². The van der Waals surface area contributed by atoms with Gasteiger partial charge in [0.15, 0.2) is 0 Å². The molecule has 0 bridgehead atoms. The van der Waals surface area contributed by atoms with E-state index >= 15 is 0 Å². The van der Waals surface area contributed by atoms with Gasteiger partial charge in [0.05, 0.1) is 6.04 Å². The summed E-state index contributed by atoms with van der Waals surface area (Å²) in [6.45, 7) is -0.0142. The average molecular weight is 260 g/mol. The molecule has 6 heteroatoms. The normalized spacial score (nSPS) is 13.2. The first-order valence-electron chi connectivity index (χ1n) is 5.44. The Balaban J connectivity index is 2.81. The second-order valence-corrected chi connectivity index (χ2v) is 4.08. The molecule has 0 radical (unpaired) electrons. The fourth-order valence-electron chi connectivity index (χ4n) is 1.52. The zero-order valence-corrected chi connectivity index (χ0v) is 9.95. The van der Waals surface area contributed by atoms with Gasteiger partial charge >= 0.3 is 6.18 Å². The summed E-state index contributed by atoms with van der Waals surface area (Å²) in [5, 5.41) is 0. The van der Waals surface area contributed by atoms with Gasteiger partial charge in [0.25, 0.3) is 0 Å². The van der Waals surface area contributed by atoms with E-state index in [1.165, 1.54) is 6.92 Å². The number of hydrogen-bond acceptors (Lipinski definition) is 2. The van der Waals surface area contributed by atoms with E-state index in [1.807, 2.05) is 0 Å². The molecule has 0 saturated heterocycles. The van der Waals surface area contributed by atoms with Crippen molar-refractivity contribution < 1.29 is 18.0 Å². The fourth-order valence-corrected chi connectivity index (χ4v) is 1.52. The Morgan fingerprint density at radius 2 is 1.89 bits per heavy atom. The highest BCUT2D eigenvalue weighted by molar-refractivity contribution is 5.81. The highest BCUT2D eigenvalue weighted by Gasteiger charge is 2.33. The molecule has 3 nitrogen and oxygen atoms in total. The molecule has 0 saturated carbocycles. The van der Waals surface area contributed by atoms with E-state index in [4.69, 9.17) is 5.73 Å². The number of rotatable bonds is 4. The van der Waals surface area contributed by atoms with Crippen molar-refractivity contribution in [2.75, 3.05) is 6.54 Å². The summed E-state index contributed by atoms with van der Waals surface area (Å²) >= 11 is 0. The third-order valence-electron chi connectivity index (χ3n) is 2.29. The monoisotopic (exact) mass is 260 g/mol. The molecule has 0 fully saturated rings. The number of carbonyl (C=O) groups is 1. The van der Waals surface area contributed by atoms with Crippen molar-refractivity contribution in [3.63, 3.8) is 0 Å². The molecule has 0 unspecified atom stereocenters. The minimum absolute atomic E-state index is 0.0965. The third kappa shape index (κ3) is 4.75. The quantitative estimate of drug-likeness (QED) is 0.899. The number of amides is 1. The maximum Gasteiger partial charge on any atom is 0.406 e. The van der Waals surface area contributed by atoms with E-state index in [1.54, 1.807) is 30.3 Å². The van der Waals surface area contributed by atoms with Crippen LogP contribution in [0.2, 0.25) is 0 Å². The van der Waals surface area contributed by atoms with Crippen molar-refractivity contribution in [2.45, 2.75) is 25.7 Å². The molecule has 1 aromatic carbocycles. The van der Waals surface area contributed by atoms with Crippen molar-refractivity contribution in [2.24, 2.45) is 5.73 Å². The number of alkyl halides is 3. The summed E-state index contributed by atoms with van der Waals surface area (Å²) in [4.78, 5) is 12.3. The molecule has 0 aliphatic carbocycles. The SMILES string of the molecule is C[C@H](N)C(=O)N(Cc1ccccc1)CC(F)(F)F. The second kappa shape index (κ2) is 5.86. The van der Waals surface area contributed by atoms with E-state index in [-0.39, 0.29) is 6.54 Å². The predicted octanol–water partition coefficient (Wildman–Crippen LogP) is 1.92. The lowest BCUT2D eigenvalue weighted by molar-refractivity contribution is -0.163. The van der Waals surface area contributed by atoms with Crippen LogP contribution in [0.1, 0.15) is 12.5 Å². The Morgan fingerprint density at radius 1 is 1.33 bits per heavy atom. The Bertz CT molecular complexity index is 390. The third-order valence-corrected chi connectivity index (χ3v) is 2.29. The van der Waals surface area contributed by atoms with Crippen molar-refractivity contribution in [1.29, 1.82) is 0 Å². The minimum atomic E-state index is -4.43. The summed E-state index contributed by atoms with van der Waals surface area (Å²) < 4.78 is 37.2. The predicted molar refractivity (Wildman–Crippen MR) is 61.6 cm³/mol. The summed E-state index contributed by atoms with van der Waals surface area (Å²) in [6, 6.07) is 7.55. The number of halogens is 3. The number of nitrogens with two attached hydrogens (primary N) is 1. The lowest BCUT2D eigenvalue weighted by Crippen LogP contribution is -2.45. The molecule has 1 rings (SSSR count). The first-order chi connectivity index (χ1) is 8.29. The molecule has 0 spiro atoms. The van der Waals surface area contributed by atoms with Crippen molar-refractivity contribution in [3.8, 4) is 0 Å². The Labute approximate surface area is 103 Å². The van der Waals surface area contributed by atoms with E-state index in [0.717, 1.165) is 4.90 Å². The van der Waals surface area contributed by atoms with Crippen LogP contribution in [-0.2, 0) is 11.3 Å². The van der Waals surface area contributed by atoms with E-state index in [0.29, 0.717) is 5.56 Å². The van der Waals surface area contributed by atoms with Gasteiger partial charge in [0.2, 0.25) is 5.91 Å². The smallest absolute Gasteiger partial charge is 0.328 e. The molecule has 1 amide bonds. The summed E-state index contributed by atoms with van der Waals surface area (Å²) in [5.41, 5.74) is 5.99. The Kier molecular flexibility index (Phi) is 4.72. The average Bonchev–Trinajstić information content (AvgIpc) is 2.26. The first-order valence-corrected chi connectivity index (χ1v) is 5.44. The van der Waals surface area contributed by atoms with E-state index in [9.17, 15) is 18.0 Å². The van der Waals surface area contributed by atoms with Crippen LogP contribution in [0, 0.1) is 0 Å². The van der Waals surface area contributed by atoms with E-state index < -0.39 is 24.7 Å². The van der Waals surface area contributed by atoms with Crippen molar-refractivity contribution >= 4 is 5.91 Å². The second-order valence-electron chi connectivity index (χ2n) is 4.08. The first kappa shape index (κ1) is 14.5. The number of carbonyl (C=O) groups excluding carboxylic acids is 1. The molecule has 0 aliphatic heterocycles. The van der Waals surface area contributed by atoms with E-state index in [2.05, 4.69) is 0 Å². The van der Waals surface area contributed by atoms with Gasteiger partial charge in [-0.25, -0.2) is 0 Å². The summed E-state index contributed by atoms with van der Waals surface area (Å²) in [5.74, 6) is -0.712. The summed E-state index contributed by atoms with van der Waals surface area (Å²) in [6.07, 6.45) is -4.43. The van der Waals surface area contributed by atoms with Crippen LogP contribution in [0.5, 0.6) is 0 Å². The van der Waals surface area contributed by atoms with Gasteiger partial charge < -0.3 is 10.6 Å². The van der Waals surface area contributed by atoms with Gasteiger partial charge in [-0.1, -0.05) is 30.3 Å². The van der Waals surface area contributed by atoms with Crippen LogP contribution in [0.3, 0.4) is 0 Å². The zero-order chi connectivity index (χ0) is 13.8. The summed E-state index contributed by atoms with van der Waals surface area (Å²) in [7, 11) is 0. The molecule has 1 aromatic rings. The number of nitrogens with zero attached hydrogens (tertiary/aromatic N) is 1. The highest BCUT2D eigenvalue weighted by atomic mass is 19.4. The molecule has 100 valence electrons. The Hall–Kier alpha value is -1.56. The van der Waals surface area contributed by atoms with Crippen LogP contribution < -0.4 is 5.73 Å². The van der Waals surface area contributed by atoms with Gasteiger partial charge in [-0.05, 0) is 12.5 Å². The van der Waals surface area contributed by atoms with Crippen molar-refractivity contribution in [1.82, 2.24) is 4.90 Å². The van der Waals surface area contributed by atoms with Crippen LogP contribution in [-0.4, -0.2) is 29.6 Å². The van der Waals surface area contributed by atoms with Gasteiger partial charge in [0, 0.05) is 6.54 Å². The van der Waals surface area contributed by atoms with Gasteiger partial charge in [0.1, 0.15) is 6.54 Å². The Morgan fingerprint density at radius 3 is 2.33 bits per heavy atom. The number of hydrogen-bond donors (Lipinski definition) is 1. The lowest BCUT2D eigenvalue weighted by Gasteiger charge is -2.25. The van der Waals surface area contributed by atoms with Gasteiger partial charge in [-0.3, -0.25) is 4.79 Å². The molecule has 0 heterocycles. The fraction of sp³-hybridized carbons (Fsp3) is 0.417. The molecular weight excluding hydrogens is 245 g/mol. The lowest BCUT2D eigenvalue weighted by atomic mass is 10.2. The highest BCUT2D eigenvalue weighted by Crippen LogP contribution is 2.18. The molecule has 1 atom stereocenters. The maximum atomic E-state index is 12.4. The van der Waals surface area contributed by atoms with Crippen LogP contribution in [0.15, 0.2) is 30.3 Å². The topological polar surface area (TPSA) is 46.3 Å². The molecule has 0 aromatic heterocycles. The molecule has 18 heavy (non-hydrogen) atoms. The standard InChI is InChI=1S/C12H15F3N2O/c1-9(16)11(18)17(8-12(13,14)15)7-10-5-3-2-4-6-10/h2-6,9H,7-8,16H2,1H3/t9-/m0/s1. The minimum Gasteiger partial charge on any atom is -0.328 e. The maximum absolute atomic E-state index is 12.4. The number of benzene rings is 1. The van der Waals surface area contributed by atoms with Crippen molar-refractivity contribution in [3.05, 3.63) is 35.9 Å². The van der Waals surface area contributed by atoms with Crippen LogP contribution in [0.25, 0.3) is 0 Å². The van der Waals surface area contributed by atoms with Crippen LogP contribution in [0.4, 0.5) is 13.2 Å². The largest absolute Gasteiger partial charge is 0.406 e. The van der Waals surface area contributed by atoms with Gasteiger partial charge in [-0.2, -0.15) is 13.2 Å². The molecular formula is C12H15F3N2O. The molecule has 2 N–H and O–H groups in total.